The molecule has 0 bridgehead atoms. The van der Waals surface area contributed by atoms with Gasteiger partial charge in [0.05, 0.1) is 16.1 Å². The fraction of sp³-hybridized carbons (Fsp3) is 0.273. The van der Waals surface area contributed by atoms with Crippen LogP contribution in [0.3, 0.4) is 0 Å². The van der Waals surface area contributed by atoms with Gasteiger partial charge in [-0.05, 0) is 55.3 Å². The van der Waals surface area contributed by atoms with Crippen LogP contribution in [0.1, 0.15) is 23.4 Å². The highest BCUT2D eigenvalue weighted by atomic mass is 35.5. The number of aromatic nitrogens is 1. The molecule has 0 spiro atoms. The summed E-state index contributed by atoms with van der Waals surface area (Å²) in [4.78, 5) is 16.9. The molecule has 0 aliphatic heterocycles. The first-order chi connectivity index (χ1) is 15.0. The van der Waals surface area contributed by atoms with Crippen molar-refractivity contribution in [1.29, 1.82) is 0 Å². The second-order valence-corrected chi connectivity index (χ2v) is 10.5. The minimum absolute atomic E-state index is 0.109. The number of halogens is 2. The lowest BCUT2D eigenvalue weighted by Crippen LogP contribution is -2.23. The van der Waals surface area contributed by atoms with Gasteiger partial charge in [-0.2, -0.15) is 0 Å². The van der Waals surface area contributed by atoms with Crippen LogP contribution < -0.4 is 5.32 Å². The molecule has 2 aromatic carbocycles. The molecule has 3 rings (SSSR count). The van der Waals surface area contributed by atoms with Gasteiger partial charge in [-0.25, -0.2) is 17.7 Å². The molecule has 170 valence electrons. The lowest BCUT2D eigenvalue weighted by Gasteiger charge is -2.16. The van der Waals surface area contributed by atoms with E-state index in [1.165, 1.54) is 20.2 Å². The molecule has 0 saturated carbocycles. The second-order valence-electron chi connectivity index (χ2n) is 7.49. The Hall–Kier alpha value is -2.39. The lowest BCUT2D eigenvalue weighted by molar-refractivity contribution is -0.116. The van der Waals surface area contributed by atoms with Gasteiger partial charge in [0.2, 0.25) is 15.9 Å². The third-order valence-corrected chi connectivity index (χ3v) is 7.35. The van der Waals surface area contributed by atoms with Crippen LogP contribution in [0.5, 0.6) is 0 Å². The summed E-state index contributed by atoms with van der Waals surface area (Å²) in [5.41, 5.74) is 2.67. The van der Waals surface area contributed by atoms with Crippen molar-refractivity contribution < 1.29 is 17.6 Å². The maximum absolute atomic E-state index is 12.5. The molecule has 1 heterocycles. The average Bonchev–Trinajstić information content (AvgIpc) is 3.18. The molecule has 7 nitrogen and oxygen atoms in total. The molecule has 0 atom stereocenters. The van der Waals surface area contributed by atoms with E-state index < -0.39 is 10.0 Å². The molecule has 10 heteroatoms. The summed E-state index contributed by atoms with van der Waals surface area (Å²) in [6, 6.07) is 8.12. The smallest absolute Gasteiger partial charge is 0.242 e. The molecular formula is C22H23Cl2N3O4S. The third-order valence-electron chi connectivity index (χ3n) is 5.01. The number of hydrogen-bond acceptors (Lipinski definition) is 5. The molecule has 0 saturated heterocycles. The Balaban J connectivity index is 1.71. The maximum atomic E-state index is 12.5. The summed E-state index contributed by atoms with van der Waals surface area (Å²) in [6.07, 6.45) is 1.92. The number of hydrogen-bond donors (Lipinski definition) is 1. The zero-order valence-corrected chi connectivity index (χ0v) is 20.4. The zero-order chi connectivity index (χ0) is 23.6. The monoisotopic (exact) mass is 495 g/mol. The number of rotatable bonds is 7. The molecule has 1 amide bonds. The van der Waals surface area contributed by atoms with Crippen LogP contribution in [-0.4, -0.2) is 37.7 Å². The number of carbonyl (C=O) groups is 1. The van der Waals surface area contributed by atoms with Crippen molar-refractivity contribution in [3.8, 4) is 11.3 Å². The number of sulfonamides is 1. The van der Waals surface area contributed by atoms with Crippen LogP contribution in [0.25, 0.3) is 11.3 Å². The van der Waals surface area contributed by atoms with Gasteiger partial charge in [0, 0.05) is 43.2 Å². The van der Waals surface area contributed by atoms with Crippen molar-refractivity contribution in [2.75, 3.05) is 19.4 Å². The summed E-state index contributed by atoms with van der Waals surface area (Å²) in [5, 5.41) is 3.76. The first-order valence-electron chi connectivity index (χ1n) is 9.73. The van der Waals surface area contributed by atoms with E-state index in [1.54, 1.807) is 37.4 Å². The number of anilines is 1. The molecule has 3 aromatic rings. The SMILES string of the molecule is Cc1cc(S(=O)(=O)N(C)C)cc(NC(=O)CCc2ncc(-c3ccc(Cl)cc3Cl)o2)c1C. The summed E-state index contributed by atoms with van der Waals surface area (Å²) in [7, 11) is -0.696. The third kappa shape index (κ3) is 5.32. The lowest BCUT2D eigenvalue weighted by atomic mass is 10.1. The molecule has 0 radical (unpaired) electrons. The quantitative estimate of drug-likeness (QED) is 0.492. The van der Waals surface area contributed by atoms with Crippen molar-refractivity contribution >= 4 is 44.8 Å². The van der Waals surface area contributed by atoms with Gasteiger partial charge in [-0.3, -0.25) is 4.79 Å². The van der Waals surface area contributed by atoms with Gasteiger partial charge in [-0.1, -0.05) is 23.2 Å². The highest BCUT2D eigenvalue weighted by molar-refractivity contribution is 7.89. The number of oxazole rings is 1. The van der Waals surface area contributed by atoms with Gasteiger partial charge < -0.3 is 9.73 Å². The number of amides is 1. The Morgan fingerprint density at radius 1 is 1.16 bits per heavy atom. The van der Waals surface area contributed by atoms with E-state index in [1.807, 2.05) is 6.92 Å². The Morgan fingerprint density at radius 2 is 1.88 bits per heavy atom. The largest absolute Gasteiger partial charge is 0.441 e. The van der Waals surface area contributed by atoms with Gasteiger partial charge in [-0.15, -0.1) is 0 Å². The molecule has 0 aliphatic rings. The van der Waals surface area contributed by atoms with Crippen LogP contribution >= 0.6 is 23.2 Å². The van der Waals surface area contributed by atoms with E-state index in [9.17, 15) is 13.2 Å². The Bertz CT molecular complexity index is 1270. The Labute approximate surface area is 197 Å². The van der Waals surface area contributed by atoms with Gasteiger partial charge in [0.15, 0.2) is 11.7 Å². The van der Waals surface area contributed by atoms with Crippen molar-refractivity contribution in [2.45, 2.75) is 31.6 Å². The Morgan fingerprint density at radius 3 is 2.53 bits per heavy atom. The number of nitrogens with zero attached hydrogens (tertiary/aromatic N) is 2. The van der Waals surface area contributed by atoms with Crippen LogP contribution in [0, 0.1) is 13.8 Å². The molecule has 32 heavy (non-hydrogen) atoms. The normalized spacial score (nSPS) is 11.7. The van der Waals surface area contributed by atoms with E-state index in [0.717, 1.165) is 15.4 Å². The van der Waals surface area contributed by atoms with Gasteiger partial charge in [0.1, 0.15) is 0 Å². The van der Waals surface area contributed by atoms with Crippen molar-refractivity contribution in [3.63, 3.8) is 0 Å². The number of nitrogens with one attached hydrogen (secondary N) is 1. The molecule has 1 N–H and O–H groups in total. The minimum atomic E-state index is -3.62. The minimum Gasteiger partial charge on any atom is -0.441 e. The standard InChI is InChI=1S/C22H23Cl2N3O4S/c1-13-9-16(32(29,30)27(3)4)11-19(14(13)2)26-21(28)7-8-22-25-12-20(31-22)17-6-5-15(23)10-18(17)24/h5-6,9-12H,7-8H2,1-4H3,(H,26,28). The molecular weight excluding hydrogens is 473 g/mol. The van der Waals surface area contributed by atoms with Crippen LogP contribution in [0.4, 0.5) is 5.69 Å². The zero-order valence-electron chi connectivity index (χ0n) is 18.1. The van der Waals surface area contributed by atoms with Crippen molar-refractivity contribution in [3.05, 3.63) is 63.6 Å². The highest BCUT2D eigenvalue weighted by Gasteiger charge is 2.20. The first-order valence-corrected chi connectivity index (χ1v) is 11.9. The van der Waals surface area contributed by atoms with E-state index in [2.05, 4.69) is 10.3 Å². The molecule has 1 aromatic heterocycles. The summed E-state index contributed by atoms with van der Waals surface area (Å²) >= 11 is 12.1. The molecule has 0 aliphatic carbocycles. The topological polar surface area (TPSA) is 92.5 Å². The highest BCUT2D eigenvalue weighted by Crippen LogP contribution is 2.31. The summed E-state index contributed by atoms with van der Waals surface area (Å²) in [5.74, 6) is 0.587. The fourth-order valence-corrected chi connectivity index (χ4v) is 4.50. The Kier molecular flexibility index (Phi) is 7.29. The van der Waals surface area contributed by atoms with E-state index in [0.29, 0.717) is 32.9 Å². The van der Waals surface area contributed by atoms with Crippen molar-refractivity contribution in [1.82, 2.24) is 9.29 Å². The van der Waals surface area contributed by atoms with E-state index in [-0.39, 0.29) is 23.6 Å². The molecule has 0 fully saturated rings. The van der Waals surface area contributed by atoms with Gasteiger partial charge in [0.25, 0.3) is 0 Å². The predicted octanol–water partition coefficient (Wildman–Crippen LogP) is 5.09. The van der Waals surface area contributed by atoms with Crippen molar-refractivity contribution in [2.24, 2.45) is 0 Å². The summed E-state index contributed by atoms with van der Waals surface area (Å²) in [6.45, 7) is 3.63. The van der Waals surface area contributed by atoms with Crippen LogP contribution in [-0.2, 0) is 21.2 Å². The number of aryl methyl sites for hydroxylation is 2. The number of carbonyl (C=O) groups excluding carboxylic acids is 1. The van der Waals surface area contributed by atoms with E-state index in [4.69, 9.17) is 27.6 Å². The molecule has 0 unspecified atom stereocenters. The fourth-order valence-electron chi connectivity index (χ4n) is 2.99. The van der Waals surface area contributed by atoms with Crippen LogP contribution in [0.2, 0.25) is 10.0 Å². The average molecular weight is 496 g/mol. The van der Waals surface area contributed by atoms with Crippen LogP contribution in [0.15, 0.2) is 45.8 Å². The maximum Gasteiger partial charge on any atom is 0.242 e. The predicted molar refractivity (Wildman–Crippen MR) is 126 cm³/mol. The van der Waals surface area contributed by atoms with Gasteiger partial charge >= 0.3 is 0 Å². The van der Waals surface area contributed by atoms with E-state index >= 15 is 0 Å². The number of benzene rings is 2. The first kappa shape index (κ1) is 24.3. The second kappa shape index (κ2) is 9.62. The summed E-state index contributed by atoms with van der Waals surface area (Å²) < 4.78 is 31.8.